The summed E-state index contributed by atoms with van der Waals surface area (Å²) < 4.78 is 4.51. The third-order valence-corrected chi connectivity index (χ3v) is 1.92. The number of carbonyl (C=O) groups is 2. The van der Waals surface area contributed by atoms with Gasteiger partial charge in [-0.2, -0.15) is 0 Å². The van der Waals surface area contributed by atoms with Crippen molar-refractivity contribution < 1.29 is 14.3 Å². The van der Waals surface area contributed by atoms with Crippen LogP contribution in [0.4, 0.5) is 0 Å². The molecule has 3 nitrogen and oxygen atoms in total. The summed E-state index contributed by atoms with van der Waals surface area (Å²) in [6.45, 7) is 4.43. The number of hydrogen-bond acceptors (Lipinski definition) is 3. The molecule has 0 saturated carbocycles. The standard InChI is InChI=1S/C7H14O.C4H6O2/c1-3-4-5-6-7(2)8;5-4-2-1-3-6-4/h3-6H2,1-2H3;1-3H2. The van der Waals surface area contributed by atoms with E-state index in [1.54, 1.807) is 6.92 Å². The average molecular weight is 200 g/mol. The first kappa shape index (κ1) is 13.1. The average Bonchev–Trinajstić information content (AvgIpc) is 2.57. The molecule has 0 aliphatic carbocycles. The van der Waals surface area contributed by atoms with Crippen molar-refractivity contribution in [1.29, 1.82) is 0 Å². The third kappa shape index (κ3) is 9.23. The van der Waals surface area contributed by atoms with Gasteiger partial charge in [0.2, 0.25) is 0 Å². The quantitative estimate of drug-likeness (QED) is 0.517. The van der Waals surface area contributed by atoms with Crippen LogP contribution in [0.1, 0.15) is 52.4 Å². The minimum absolute atomic E-state index is 0.0463. The highest BCUT2D eigenvalue weighted by atomic mass is 16.5. The summed E-state index contributed by atoms with van der Waals surface area (Å²) in [7, 11) is 0. The van der Waals surface area contributed by atoms with Crippen LogP contribution in [0, 0.1) is 0 Å². The fourth-order valence-corrected chi connectivity index (χ4v) is 1.10. The summed E-state index contributed by atoms with van der Waals surface area (Å²) in [5, 5.41) is 0. The Morgan fingerprint density at radius 1 is 1.43 bits per heavy atom. The van der Waals surface area contributed by atoms with Gasteiger partial charge in [-0.05, 0) is 19.8 Å². The molecule has 1 aliphatic rings. The van der Waals surface area contributed by atoms with E-state index in [-0.39, 0.29) is 5.97 Å². The van der Waals surface area contributed by atoms with Gasteiger partial charge in [0.05, 0.1) is 6.61 Å². The van der Waals surface area contributed by atoms with Gasteiger partial charge in [0.25, 0.3) is 0 Å². The third-order valence-electron chi connectivity index (χ3n) is 1.92. The molecule has 1 heterocycles. The molecule has 1 aliphatic heterocycles. The van der Waals surface area contributed by atoms with Gasteiger partial charge in [0.1, 0.15) is 5.78 Å². The van der Waals surface area contributed by atoms with E-state index in [0.29, 0.717) is 18.8 Å². The smallest absolute Gasteiger partial charge is 0.305 e. The summed E-state index contributed by atoms with van der Waals surface area (Å²) >= 11 is 0. The highest BCUT2D eigenvalue weighted by Gasteiger charge is 2.08. The van der Waals surface area contributed by atoms with Gasteiger partial charge in [-0.25, -0.2) is 0 Å². The van der Waals surface area contributed by atoms with Crippen LogP contribution in [0.25, 0.3) is 0 Å². The Morgan fingerprint density at radius 3 is 2.43 bits per heavy atom. The highest BCUT2D eigenvalue weighted by Crippen LogP contribution is 2.01. The zero-order valence-electron chi connectivity index (χ0n) is 9.17. The van der Waals surface area contributed by atoms with Gasteiger partial charge in [0, 0.05) is 12.8 Å². The summed E-state index contributed by atoms with van der Waals surface area (Å²) in [4.78, 5) is 20.3. The van der Waals surface area contributed by atoms with Gasteiger partial charge in [-0.1, -0.05) is 19.8 Å². The Bertz CT molecular complexity index is 167. The Morgan fingerprint density at radius 2 is 2.14 bits per heavy atom. The zero-order valence-corrected chi connectivity index (χ0v) is 9.17. The van der Waals surface area contributed by atoms with E-state index in [0.717, 1.165) is 19.3 Å². The minimum Gasteiger partial charge on any atom is -0.466 e. The molecule has 0 bridgehead atoms. The maximum absolute atomic E-state index is 10.3. The number of hydrogen-bond donors (Lipinski definition) is 0. The molecule has 1 fully saturated rings. The van der Waals surface area contributed by atoms with Crippen LogP contribution in [-0.2, 0) is 14.3 Å². The second-order valence-corrected chi connectivity index (χ2v) is 3.48. The monoisotopic (exact) mass is 200 g/mol. The molecule has 0 spiro atoms. The van der Waals surface area contributed by atoms with Gasteiger partial charge in [0.15, 0.2) is 0 Å². The number of cyclic esters (lactones) is 1. The topological polar surface area (TPSA) is 43.4 Å². The van der Waals surface area contributed by atoms with E-state index in [1.807, 2.05) is 0 Å². The van der Waals surface area contributed by atoms with E-state index in [4.69, 9.17) is 0 Å². The molecule has 0 radical (unpaired) electrons. The first-order valence-electron chi connectivity index (χ1n) is 5.32. The van der Waals surface area contributed by atoms with Crippen molar-refractivity contribution in [3.05, 3.63) is 0 Å². The first-order valence-corrected chi connectivity index (χ1v) is 5.32. The molecular weight excluding hydrogens is 180 g/mol. The van der Waals surface area contributed by atoms with Crippen LogP contribution >= 0.6 is 0 Å². The number of carbonyl (C=O) groups excluding carboxylic acids is 2. The largest absolute Gasteiger partial charge is 0.466 e. The molecule has 3 heteroatoms. The minimum atomic E-state index is -0.0463. The van der Waals surface area contributed by atoms with Crippen molar-refractivity contribution >= 4 is 11.8 Å². The van der Waals surface area contributed by atoms with Gasteiger partial charge in [-0.15, -0.1) is 0 Å². The lowest BCUT2D eigenvalue weighted by atomic mass is 10.2. The lowest BCUT2D eigenvalue weighted by Crippen LogP contribution is -1.88. The van der Waals surface area contributed by atoms with Gasteiger partial charge >= 0.3 is 5.97 Å². The second kappa shape index (κ2) is 8.73. The summed E-state index contributed by atoms with van der Waals surface area (Å²) in [5.41, 5.74) is 0. The predicted octanol–water partition coefficient (Wildman–Crippen LogP) is 2.48. The molecular formula is C11H20O3. The summed E-state index contributed by atoms with van der Waals surface area (Å²) in [6, 6.07) is 0. The molecule has 0 aromatic carbocycles. The first-order chi connectivity index (χ1) is 6.66. The van der Waals surface area contributed by atoms with Crippen molar-refractivity contribution in [1.82, 2.24) is 0 Å². The number of ketones is 1. The fourth-order valence-electron chi connectivity index (χ4n) is 1.10. The van der Waals surface area contributed by atoms with E-state index < -0.39 is 0 Å². The lowest BCUT2D eigenvalue weighted by Gasteiger charge is -1.90. The van der Waals surface area contributed by atoms with Crippen LogP contribution in [0.15, 0.2) is 0 Å². The SMILES string of the molecule is CCCCCC(C)=O.O=C1CCCO1. The van der Waals surface area contributed by atoms with Crippen LogP contribution in [0.3, 0.4) is 0 Å². The van der Waals surface area contributed by atoms with Crippen molar-refractivity contribution in [3.8, 4) is 0 Å². The second-order valence-electron chi connectivity index (χ2n) is 3.48. The van der Waals surface area contributed by atoms with Crippen LogP contribution < -0.4 is 0 Å². The van der Waals surface area contributed by atoms with Crippen molar-refractivity contribution in [3.63, 3.8) is 0 Å². The van der Waals surface area contributed by atoms with E-state index >= 15 is 0 Å². The molecule has 82 valence electrons. The van der Waals surface area contributed by atoms with E-state index in [9.17, 15) is 9.59 Å². The highest BCUT2D eigenvalue weighted by molar-refractivity contribution is 5.75. The molecule has 14 heavy (non-hydrogen) atoms. The summed E-state index contributed by atoms with van der Waals surface area (Å²) in [6.07, 6.45) is 5.78. The van der Waals surface area contributed by atoms with Gasteiger partial charge in [-0.3, -0.25) is 4.79 Å². The Balaban J connectivity index is 0.000000249. The Hall–Kier alpha value is -0.860. The van der Waals surface area contributed by atoms with Crippen molar-refractivity contribution in [2.45, 2.75) is 52.4 Å². The number of ether oxygens (including phenoxy) is 1. The predicted molar refractivity (Wildman–Crippen MR) is 55.0 cm³/mol. The van der Waals surface area contributed by atoms with Crippen LogP contribution in [0.5, 0.6) is 0 Å². The zero-order chi connectivity index (χ0) is 10.8. The lowest BCUT2D eigenvalue weighted by molar-refractivity contribution is -0.137. The maximum Gasteiger partial charge on any atom is 0.305 e. The van der Waals surface area contributed by atoms with Crippen molar-refractivity contribution in [2.24, 2.45) is 0 Å². The van der Waals surface area contributed by atoms with Gasteiger partial charge < -0.3 is 9.53 Å². The molecule has 0 amide bonds. The van der Waals surface area contributed by atoms with Crippen LogP contribution in [-0.4, -0.2) is 18.4 Å². The number of Topliss-reactive ketones (excluding diaryl/α,β-unsaturated/α-hetero) is 1. The number of rotatable bonds is 4. The summed E-state index contributed by atoms with van der Waals surface area (Å²) in [5.74, 6) is 0.272. The molecule has 1 rings (SSSR count). The normalized spacial score (nSPS) is 14.3. The Kier molecular flexibility index (Phi) is 8.19. The number of unbranched alkanes of at least 4 members (excludes halogenated alkanes) is 2. The van der Waals surface area contributed by atoms with E-state index in [1.165, 1.54) is 12.8 Å². The molecule has 0 aromatic rings. The maximum atomic E-state index is 10.3. The molecule has 0 atom stereocenters. The molecule has 1 saturated heterocycles. The van der Waals surface area contributed by atoms with Crippen molar-refractivity contribution in [2.75, 3.05) is 6.61 Å². The van der Waals surface area contributed by atoms with Crippen LogP contribution in [0.2, 0.25) is 0 Å². The molecule has 0 unspecified atom stereocenters. The fraction of sp³-hybridized carbons (Fsp3) is 0.818. The molecule has 0 aromatic heterocycles. The van der Waals surface area contributed by atoms with E-state index in [2.05, 4.69) is 11.7 Å². The molecule has 0 N–H and O–H groups in total. The Labute approximate surface area is 85.8 Å². The number of esters is 1.